The maximum atomic E-state index is 11.2. The lowest BCUT2D eigenvalue weighted by molar-refractivity contribution is -0.114. The zero-order valence-electron chi connectivity index (χ0n) is 8.10. The van der Waals surface area contributed by atoms with E-state index in [2.05, 4.69) is 4.98 Å². The van der Waals surface area contributed by atoms with Gasteiger partial charge < -0.3 is 5.11 Å². The van der Waals surface area contributed by atoms with Crippen LogP contribution in [0, 0.1) is 0 Å². The Labute approximate surface area is 83.1 Å². The van der Waals surface area contributed by atoms with Crippen LogP contribution in [-0.2, 0) is 4.79 Å². The van der Waals surface area contributed by atoms with Crippen LogP contribution in [0.1, 0.15) is 25.3 Å². The number of aliphatic hydroxyl groups excluding tert-OH is 1. The number of allylic oxidation sites excluding steroid dienone is 1. The summed E-state index contributed by atoms with van der Waals surface area (Å²) in [5, 5.41) is 9.52. The lowest BCUT2D eigenvalue weighted by Gasteiger charge is -1.98. The minimum absolute atomic E-state index is 0.0171. The SMILES string of the molecule is CCCC(=O)C=C(O)c1cccnc1. The molecule has 1 N–H and O–H groups in total. The Bertz CT molecular complexity index is 330. The minimum Gasteiger partial charge on any atom is -0.507 e. The van der Waals surface area contributed by atoms with E-state index in [0.717, 1.165) is 6.42 Å². The van der Waals surface area contributed by atoms with Crippen molar-refractivity contribution in [3.05, 3.63) is 36.2 Å². The summed E-state index contributed by atoms with van der Waals surface area (Å²) in [7, 11) is 0. The van der Waals surface area contributed by atoms with E-state index in [1.807, 2.05) is 6.92 Å². The first-order valence-electron chi connectivity index (χ1n) is 4.58. The van der Waals surface area contributed by atoms with Crippen LogP contribution >= 0.6 is 0 Å². The van der Waals surface area contributed by atoms with Crippen molar-refractivity contribution in [2.24, 2.45) is 0 Å². The molecule has 0 saturated heterocycles. The van der Waals surface area contributed by atoms with E-state index in [0.29, 0.717) is 12.0 Å². The molecule has 3 heteroatoms. The molecule has 0 fully saturated rings. The summed E-state index contributed by atoms with van der Waals surface area (Å²) < 4.78 is 0. The van der Waals surface area contributed by atoms with Gasteiger partial charge in [-0.05, 0) is 18.6 Å². The molecule has 1 heterocycles. The van der Waals surface area contributed by atoms with Crippen LogP contribution in [0.15, 0.2) is 30.6 Å². The van der Waals surface area contributed by atoms with Crippen LogP contribution in [0.25, 0.3) is 5.76 Å². The Morgan fingerprint density at radius 1 is 1.64 bits per heavy atom. The van der Waals surface area contributed by atoms with E-state index in [1.54, 1.807) is 18.3 Å². The van der Waals surface area contributed by atoms with Crippen LogP contribution in [0.4, 0.5) is 0 Å². The average Bonchev–Trinajstić information content (AvgIpc) is 2.19. The van der Waals surface area contributed by atoms with Crippen molar-refractivity contribution in [3.8, 4) is 0 Å². The second kappa shape index (κ2) is 5.17. The smallest absolute Gasteiger partial charge is 0.159 e. The molecule has 1 aromatic heterocycles. The molecular weight excluding hydrogens is 178 g/mol. The van der Waals surface area contributed by atoms with Gasteiger partial charge in [-0.1, -0.05) is 6.92 Å². The van der Waals surface area contributed by atoms with E-state index in [-0.39, 0.29) is 11.5 Å². The molecule has 0 atom stereocenters. The lowest BCUT2D eigenvalue weighted by Crippen LogP contribution is -1.94. The third-order valence-electron chi connectivity index (χ3n) is 1.75. The molecule has 0 aliphatic heterocycles. The number of pyridine rings is 1. The molecule has 0 bridgehead atoms. The summed E-state index contributed by atoms with van der Waals surface area (Å²) in [5.41, 5.74) is 0.567. The summed E-state index contributed by atoms with van der Waals surface area (Å²) in [6.07, 6.45) is 5.64. The number of rotatable bonds is 4. The lowest BCUT2D eigenvalue weighted by atomic mass is 10.1. The summed E-state index contributed by atoms with van der Waals surface area (Å²) >= 11 is 0. The molecule has 74 valence electrons. The second-order valence-corrected chi connectivity index (χ2v) is 2.99. The van der Waals surface area contributed by atoms with E-state index in [4.69, 9.17) is 0 Å². The van der Waals surface area contributed by atoms with Crippen LogP contribution < -0.4 is 0 Å². The molecule has 0 saturated carbocycles. The van der Waals surface area contributed by atoms with Crippen LogP contribution in [0.3, 0.4) is 0 Å². The van der Waals surface area contributed by atoms with Gasteiger partial charge in [-0.2, -0.15) is 0 Å². The number of aliphatic hydroxyl groups is 1. The largest absolute Gasteiger partial charge is 0.507 e. The summed E-state index contributed by atoms with van der Waals surface area (Å²) in [4.78, 5) is 15.0. The zero-order chi connectivity index (χ0) is 10.4. The molecule has 0 aliphatic carbocycles. The quantitative estimate of drug-likeness (QED) is 0.587. The molecule has 0 spiro atoms. The van der Waals surface area contributed by atoms with Crippen molar-refractivity contribution < 1.29 is 9.90 Å². The number of aromatic nitrogens is 1. The van der Waals surface area contributed by atoms with E-state index < -0.39 is 0 Å². The third-order valence-corrected chi connectivity index (χ3v) is 1.75. The number of carbonyl (C=O) groups excluding carboxylic acids is 1. The highest BCUT2D eigenvalue weighted by molar-refractivity contribution is 5.95. The van der Waals surface area contributed by atoms with Crippen LogP contribution in [-0.4, -0.2) is 15.9 Å². The average molecular weight is 191 g/mol. The van der Waals surface area contributed by atoms with Gasteiger partial charge in [0.15, 0.2) is 5.78 Å². The van der Waals surface area contributed by atoms with Gasteiger partial charge in [-0.15, -0.1) is 0 Å². The van der Waals surface area contributed by atoms with E-state index in [9.17, 15) is 9.90 Å². The summed E-state index contributed by atoms with van der Waals surface area (Å²) in [5.74, 6) is -0.0783. The van der Waals surface area contributed by atoms with Crippen molar-refractivity contribution in [1.82, 2.24) is 4.98 Å². The number of hydrogen-bond acceptors (Lipinski definition) is 3. The standard InChI is InChI=1S/C11H13NO2/c1-2-4-10(13)7-11(14)9-5-3-6-12-8-9/h3,5-8,14H,2,4H2,1H3. The third kappa shape index (κ3) is 3.01. The maximum Gasteiger partial charge on any atom is 0.159 e. The van der Waals surface area contributed by atoms with Crippen molar-refractivity contribution in [2.45, 2.75) is 19.8 Å². The van der Waals surface area contributed by atoms with E-state index in [1.165, 1.54) is 12.3 Å². The second-order valence-electron chi connectivity index (χ2n) is 2.99. The van der Waals surface area contributed by atoms with Crippen LogP contribution in [0.2, 0.25) is 0 Å². The highest BCUT2D eigenvalue weighted by Gasteiger charge is 2.01. The van der Waals surface area contributed by atoms with E-state index >= 15 is 0 Å². The van der Waals surface area contributed by atoms with Crippen molar-refractivity contribution >= 4 is 11.5 Å². The van der Waals surface area contributed by atoms with Gasteiger partial charge in [-0.25, -0.2) is 0 Å². The Morgan fingerprint density at radius 2 is 2.43 bits per heavy atom. The first-order chi connectivity index (χ1) is 6.74. The molecule has 0 amide bonds. The van der Waals surface area contributed by atoms with Gasteiger partial charge >= 0.3 is 0 Å². The van der Waals surface area contributed by atoms with Crippen molar-refractivity contribution in [2.75, 3.05) is 0 Å². The highest BCUT2D eigenvalue weighted by atomic mass is 16.3. The molecule has 14 heavy (non-hydrogen) atoms. The van der Waals surface area contributed by atoms with Gasteiger partial charge in [0.25, 0.3) is 0 Å². The Morgan fingerprint density at radius 3 is 3.00 bits per heavy atom. The maximum absolute atomic E-state index is 11.2. The first-order valence-corrected chi connectivity index (χ1v) is 4.58. The Kier molecular flexibility index (Phi) is 3.85. The molecule has 0 radical (unpaired) electrons. The molecule has 0 aliphatic rings. The van der Waals surface area contributed by atoms with Gasteiger partial charge in [0.05, 0.1) is 0 Å². The Hall–Kier alpha value is -1.64. The highest BCUT2D eigenvalue weighted by Crippen LogP contribution is 2.09. The van der Waals surface area contributed by atoms with Gasteiger partial charge in [0.1, 0.15) is 5.76 Å². The normalized spacial score (nSPS) is 11.4. The predicted octanol–water partition coefficient (Wildman–Crippen LogP) is 2.35. The molecule has 1 rings (SSSR count). The topological polar surface area (TPSA) is 50.2 Å². The molecule has 3 nitrogen and oxygen atoms in total. The zero-order valence-corrected chi connectivity index (χ0v) is 8.10. The summed E-state index contributed by atoms with van der Waals surface area (Å²) in [6, 6.07) is 3.42. The number of ketones is 1. The molecule has 1 aromatic rings. The van der Waals surface area contributed by atoms with Gasteiger partial charge in [-0.3, -0.25) is 9.78 Å². The molecule has 0 unspecified atom stereocenters. The Balaban J connectivity index is 2.75. The number of nitrogens with zero attached hydrogens (tertiary/aromatic N) is 1. The predicted molar refractivity (Wildman–Crippen MR) is 54.8 cm³/mol. The van der Waals surface area contributed by atoms with Crippen molar-refractivity contribution in [1.29, 1.82) is 0 Å². The van der Waals surface area contributed by atoms with Crippen LogP contribution in [0.5, 0.6) is 0 Å². The fourth-order valence-corrected chi connectivity index (χ4v) is 1.07. The minimum atomic E-state index is -0.0612. The number of carbonyl (C=O) groups is 1. The van der Waals surface area contributed by atoms with Gasteiger partial charge in [0.2, 0.25) is 0 Å². The summed E-state index contributed by atoms with van der Waals surface area (Å²) in [6.45, 7) is 1.92. The monoisotopic (exact) mass is 191 g/mol. The molecule has 0 aromatic carbocycles. The number of hydrogen-bond donors (Lipinski definition) is 1. The molecular formula is C11H13NO2. The fraction of sp³-hybridized carbons (Fsp3) is 0.273. The van der Waals surface area contributed by atoms with Crippen molar-refractivity contribution in [3.63, 3.8) is 0 Å². The fourth-order valence-electron chi connectivity index (χ4n) is 1.07. The first kappa shape index (κ1) is 10.4. The van der Waals surface area contributed by atoms with Gasteiger partial charge in [0, 0.05) is 30.5 Å².